The summed E-state index contributed by atoms with van der Waals surface area (Å²) in [6.07, 6.45) is 1.80. The Morgan fingerprint density at radius 1 is 1.28 bits per heavy atom. The van der Waals surface area contributed by atoms with Gasteiger partial charge in [-0.25, -0.2) is 0 Å². The predicted molar refractivity (Wildman–Crippen MR) is 102 cm³/mol. The van der Waals surface area contributed by atoms with E-state index in [2.05, 4.69) is 27.0 Å². The SMILES string of the molecule is CC(Oc1ccccc1)C(=O)NCC1CCN(Cc2ccsc2)CC1. The van der Waals surface area contributed by atoms with Crippen LogP contribution >= 0.6 is 11.3 Å². The molecule has 1 aromatic carbocycles. The van der Waals surface area contributed by atoms with Gasteiger partial charge in [0.1, 0.15) is 5.75 Å². The fraction of sp³-hybridized carbons (Fsp3) is 0.450. The Kier molecular flexibility index (Phi) is 6.48. The summed E-state index contributed by atoms with van der Waals surface area (Å²) in [4.78, 5) is 14.7. The monoisotopic (exact) mass is 358 g/mol. The largest absolute Gasteiger partial charge is 0.481 e. The molecule has 0 spiro atoms. The van der Waals surface area contributed by atoms with Crippen LogP contribution in [0.25, 0.3) is 0 Å². The van der Waals surface area contributed by atoms with E-state index in [1.165, 1.54) is 5.56 Å². The molecule has 2 heterocycles. The van der Waals surface area contributed by atoms with E-state index in [0.717, 1.165) is 44.8 Å². The number of amides is 1. The number of likely N-dealkylation sites (tertiary alicyclic amines) is 1. The van der Waals surface area contributed by atoms with Gasteiger partial charge in [-0.3, -0.25) is 9.69 Å². The van der Waals surface area contributed by atoms with Crippen molar-refractivity contribution < 1.29 is 9.53 Å². The van der Waals surface area contributed by atoms with Crippen molar-refractivity contribution in [3.8, 4) is 5.75 Å². The lowest BCUT2D eigenvalue weighted by Crippen LogP contribution is -2.42. The van der Waals surface area contributed by atoms with Crippen LogP contribution in [0.3, 0.4) is 0 Å². The average Bonchev–Trinajstić information content (AvgIpc) is 3.14. The molecular weight excluding hydrogens is 332 g/mol. The molecule has 0 saturated carbocycles. The predicted octanol–water partition coefficient (Wildman–Crippen LogP) is 3.54. The summed E-state index contributed by atoms with van der Waals surface area (Å²) in [6.45, 7) is 5.79. The van der Waals surface area contributed by atoms with Gasteiger partial charge in [-0.2, -0.15) is 11.3 Å². The topological polar surface area (TPSA) is 41.6 Å². The van der Waals surface area contributed by atoms with Gasteiger partial charge >= 0.3 is 0 Å². The van der Waals surface area contributed by atoms with Gasteiger partial charge in [0.05, 0.1) is 0 Å². The van der Waals surface area contributed by atoms with E-state index in [9.17, 15) is 4.79 Å². The van der Waals surface area contributed by atoms with Gasteiger partial charge in [0.25, 0.3) is 5.91 Å². The van der Waals surface area contributed by atoms with E-state index >= 15 is 0 Å². The molecular formula is C20H26N2O2S. The van der Waals surface area contributed by atoms with Crippen molar-refractivity contribution >= 4 is 17.2 Å². The first kappa shape index (κ1) is 18.0. The van der Waals surface area contributed by atoms with Crippen LogP contribution in [0.1, 0.15) is 25.3 Å². The molecule has 25 heavy (non-hydrogen) atoms. The van der Waals surface area contributed by atoms with Gasteiger partial charge in [-0.05, 0) is 73.3 Å². The fourth-order valence-electron chi connectivity index (χ4n) is 3.13. The van der Waals surface area contributed by atoms with Crippen LogP contribution in [0.15, 0.2) is 47.2 Å². The van der Waals surface area contributed by atoms with E-state index in [-0.39, 0.29) is 5.91 Å². The van der Waals surface area contributed by atoms with Crippen molar-refractivity contribution in [1.29, 1.82) is 0 Å². The summed E-state index contributed by atoms with van der Waals surface area (Å²) in [5.41, 5.74) is 1.41. The highest BCUT2D eigenvalue weighted by Gasteiger charge is 2.21. The first-order valence-electron chi connectivity index (χ1n) is 8.93. The molecule has 5 heteroatoms. The third-order valence-corrected chi connectivity index (χ3v) is 5.42. The molecule has 1 N–H and O–H groups in total. The minimum Gasteiger partial charge on any atom is -0.481 e. The summed E-state index contributed by atoms with van der Waals surface area (Å²) >= 11 is 1.76. The average molecular weight is 359 g/mol. The van der Waals surface area contributed by atoms with Crippen LogP contribution < -0.4 is 10.1 Å². The van der Waals surface area contributed by atoms with E-state index in [1.54, 1.807) is 18.3 Å². The number of hydrogen-bond acceptors (Lipinski definition) is 4. The van der Waals surface area contributed by atoms with Crippen molar-refractivity contribution in [2.24, 2.45) is 5.92 Å². The number of hydrogen-bond donors (Lipinski definition) is 1. The Bertz CT molecular complexity index is 637. The highest BCUT2D eigenvalue weighted by atomic mass is 32.1. The van der Waals surface area contributed by atoms with Crippen molar-refractivity contribution in [1.82, 2.24) is 10.2 Å². The fourth-order valence-corrected chi connectivity index (χ4v) is 3.79. The lowest BCUT2D eigenvalue weighted by Gasteiger charge is -2.32. The van der Waals surface area contributed by atoms with E-state index in [1.807, 2.05) is 30.3 Å². The second kappa shape index (κ2) is 9.02. The van der Waals surface area contributed by atoms with Crippen molar-refractivity contribution in [2.75, 3.05) is 19.6 Å². The molecule has 0 bridgehead atoms. The molecule has 1 atom stereocenters. The van der Waals surface area contributed by atoms with Crippen LogP contribution in [0.5, 0.6) is 5.75 Å². The number of piperidine rings is 1. The van der Waals surface area contributed by atoms with Crippen molar-refractivity contribution in [3.05, 3.63) is 52.7 Å². The van der Waals surface area contributed by atoms with Crippen LogP contribution in [-0.4, -0.2) is 36.5 Å². The molecule has 1 saturated heterocycles. The summed E-state index contributed by atoms with van der Waals surface area (Å²) in [5.74, 6) is 1.25. The van der Waals surface area contributed by atoms with Gasteiger partial charge in [-0.1, -0.05) is 18.2 Å². The molecule has 134 valence electrons. The second-order valence-corrected chi connectivity index (χ2v) is 7.45. The Morgan fingerprint density at radius 3 is 2.72 bits per heavy atom. The van der Waals surface area contributed by atoms with E-state index in [0.29, 0.717) is 5.92 Å². The summed E-state index contributed by atoms with van der Waals surface area (Å²) < 4.78 is 5.67. The smallest absolute Gasteiger partial charge is 0.260 e. The van der Waals surface area contributed by atoms with E-state index in [4.69, 9.17) is 4.74 Å². The van der Waals surface area contributed by atoms with E-state index < -0.39 is 6.10 Å². The van der Waals surface area contributed by atoms with Gasteiger partial charge in [0.15, 0.2) is 6.10 Å². The Morgan fingerprint density at radius 2 is 2.04 bits per heavy atom. The molecule has 1 aliphatic heterocycles. The zero-order valence-corrected chi connectivity index (χ0v) is 15.5. The normalized spacial score (nSPS) is 17.2. The number of nitrogens with one attached hydrogen (secondary N) is 1. The third kappa shape index (κ3) is 5.58. The molecule has 2 aromatic rings. The summed E-state index contributed by atoms with van der Waals surface area (Å²) in [7, 11) is 0. The first-order chi connectivity index (χ1) is 12.2. The minimum absolute atomic E-state index is 0.0374. The molecule has 1 aliphatic rings. The minimum atomic E-state index is -0.471. The van der Waals surface area contributed by atoms with Gasteiger partial charge in [-0.15, -0.1) is 0 Å². The summed E-state index contributed by atoms with van der Waals surface area (Å²) in [5, 5.41) is 7.41. The van der Waals surface area contributed by atoms with Gasteiger partial charge in [0, 0.05) is 13.1 Å². The highest BCUT2D eigenvalue weighted by molar-refractivity contribution is 7.07. The van der Waals surface area contributed by atoms with Crippen molar-refractivity contribution in [3.63, 3.8) is 0 Å². The van der Waals surface area contributed by atoms with Crippen LogP contribution in [-0.2, 0) is 11.3 Å². The highest BCUT2D eigenvalue weighted by Crippen LogP contribution is 2.19. The number of thiophene rings is 1. The molecule has 1 unspecified atom stereocenters. The van der Waals surface area contributed by atoms with Crippen LogP contribution in [0.2, 0.25) is 0 Å². The molecule has 0 radical (unpaired) electrons. The van der Waals surface area contributed by atoms with Gasteiger partial charge < -0.3 is 10.1 Å². The number of ether oxygens (including phenoxy) is 1. The third-order valence-electron chi connectivity index (χ3n) is 4.68. The molecule has 4 nitrogen and oxygen atoms in total. The lowest BCUT2D eigenvalue weighted by molar-refractivity contribution is -0.127. The molecule has 1 amide bonds. The maximum absolute atomic E-state index is 12.2. The van der Waals surface area contributed by atoms with Crippen LogP contribution in [0.4, 0.5) is 0 Å². The standard InChI is InChI=1S/C20H26N2O2S/c1-16(24-19-5-3-2-4-6-19)20(23)21-13-17-7-10-22(11-8-17)14-18-9-12-25-15-18/h2-6,9,12,15-17H,7-8,10-11,13-14H2,1H3,(H,21,23). The van der Waals surface area contributed by atoms with Gasteiger partial charge in [0.2, 0.25) is 0 Å². The lowest BCUT2D eigenvalue weighted by atomic mass is 9.96. The summed E-state index contributed by atoms with van der Waals surface area (Å²) in [6, 6.07) is 11.7. The molecule has 3 rings (SSSR count). The number of carbonyl (C=O) groups excluding carboxylic acids is 1. The second-order valence-electron chi connectivity index (χ2n) is 6.67. The number of rotatable bonds is 7. The number of carbonyl (C=O) groups is 1. The number of benzene rings is 1. The van der Waals surface area contributed by atoms with Crippen molar-refractivity contribution in [2.45, 2.75) is 32.4 Å². The molecule has 0 aliphatic carbocycles. The Labute approximate surface area is 153 Å². The number of nitrogens with zero attached hydrogens (tertiary/aromatic N) is 1. The molecule has 1 fully saturated rings. The zero-order valence-electron chi connectivity index (χ0n) is 14.7. The first-order valence-corrected chi connectivity index (χ1v) is 9.88. The Hall–Kier alpha value is -1.85. The maximum atomic E-state index is 12.2. The number of para-hydroxylation sites is 1. The Balaban J connectivity index is 1.35. The maximum Gasteiger partial charge on any atom is 0.260 e. The molecule has 1 aromatic heterocycles. The quantitative estimate of drug-likeness (QED) is 0.823. The van der Waals surface area contributed by atoms with Crippen LogP contribution in [0, 0.1) is 5.92 Å². The zero-order chi connectivity index (χ0) is 17.5.